The van der Waals surface area contributed by atoms with E-state index in [0.29, 0.717) is 6.54 Å². The first-order chi connectivity index (χ1) is 10.1. The topological polar surface area (TPSA) is 84.5 Å². The number of benzene rings is 1. The van der Waals surface area contributed by atoms with Crippen molar-refractivity contribution in [1.29, 1.82) is 0 Å². The van der Waals surface area contributed by atoms with Gasteiger partial charge in [0, 0.05) is 19.9 Å². The number of carbonyl (C=O) groups excluding carboxylic acids is 3. The van der Waals surface area contributed by atoms with E-state index in [0.717, 1.165) is 11.8 Å². The molecule has 0 radical (unpaired) electrons. The number of nitrogens with one attached hydrogen (secondary N) is 2. The fourth-order valence-electron chi connectivity index (χ4n) is 1.67. The molecule has 0 aromatic heterocycles. The molecule has 21 heavy (non-hydrogen) atoms. The maximum absolute atomic E-state index is 12.0. The van der Waals surface area contributed by atoms with Crippen LogP contribution in [0.2, 0.25) is 0 Å². The Balaban J connectivity index is 2.45. The second-order valence-electron chi connectivity index (χ2n) is 4.49. The molecule has 0 saturated carbocycles. The van der Waals surface area contributed by atoms with Crippen molar-refractivity contribution in [2.75, 3.05) is 13.2 Å². The van der Waals surface area contributed by atoms with Gasteiger partial charge in [0.25, 0.3) is 0 Å². The minimum Gasteiger partial charge on any atom is -0.378 e. The normalized spacial score (nSPS) is 11.5. The van der Waals surface area contributed by atoms with Crippen LogP contribution in [-0.2, 0) is 25.7 Å². The summed E-state index contributed by atoms with van der Waals surface area (Å²) in [6.07, 6.45) is 1.00. The molecule has 1 rings (SSSR count). The summed E-state index contributed by atoms with van der Waals surface area (Å²) in [5, 5.41) is 5.27. The maximum Gasteiger partial charge on any atom is 0.245 e. The molecule has 2 N–H and O–H groups in total. The molecule has 0 fully saturated rings. The van der Waals surface area contributed by atoms with Gasteiger partial charge in [-0.1, -0.05) is 30.3 Å². The number of rotatable bonds is 9. The van der Waals surface area contributed by atoms with Gasteiger partial charge >= 0.3 is 0 Å². The van der Waals surface area contributed by atoms with Gasteiger partial charge in [0.1, 0.15) is 12.3 Å². The van der Waals surface area contributed by atoms with Crippen molar-refractivity contribution in [2.45, 2.75) is 25.9 Å². The summed E-state index contributed by atoms with van der Waals surface area (Å²) in [6, 6.07) is 8.69. The molecular weight excluding hydrogens is 272 g/mol. The first-order valence-corrected chi connectivity index (χ1v) is 6.73. The molecule has 6 nitrogen and oxygen atoms in total. The van der Waals surface area contributed by atoms with Crippen molar-refractivity contribution in [3.8, 4) is 0 Å². The maximum atomic E-state index is 12.0. The lowest BCUT2D eigenvalue weighted by Gasteiger charge is -2.17. The van der Waals surface area contributed by atoms with Gasteiger partial charge in [-0.05, 0) is 5.56 Å². The third-order valence-corrected chi connectivity index (χ3v) is 2.67. The Bertz CT molecular complexity index is 462. The van der Waals surface area contributed by atoms with Gasteiger partial charge in [-0.2, -0.15) is 0 Å². The number of ether oxygens (including phenoxy) is 1. The van der Waals surface area contributed by atoms with E-state index in [1.54, 1.807) is 0 Å². The van der Waals surface area contributed by atoms with Crippen LogP contribution in [-0.4, -0.2) is 37.4 Å². The summed E-state index contributed by atoms with van der Waals surface area (Å²) in [5.74, 6) is -0.631. The van der Waals surface area contributed by atoms with E-state index >= 15 is 0 Å². The van der Waals surface area contributed by atoms with Gasteiger partial charge in [0.2, 0.25) is 11.8 Å². The van der Waals surface area contributed by atoms with Crippen molar-refractivity contribution in [3.63, 3.8) is 0 Å². The minimum absolute atomic E-state index is 0.0358. The van der Waals surface area contributed by atoms with Crippen molar-refractivity contribution in [2.24, 2.45) is 0 Å². The molecule has 0 aliphatic rings. The van der Waals surface area contributed by atoms with Gasteiger partial charge < -0.3 is 20.2 Å². The highest BCUT2D eigenvalue weighted by Gasteiger charge is 2.19. The zero-order valence-corrected chi connectivity index (χ0v) is 12.0. The smallest absolute Gasteiger partial charge is 0.245 e. The van der Waals surface area contributed by atoms with E-state index in [1.165, 1.54) is 6.92 Å². The molecule has 0 aliphatic heterocycles. The van der Waals surface area contributed by atoms with Crippen molar-refractivity contribution >= 4 is 18.1 Å². The molecule has 0 spiro atoms. The quantitative estimate of drug-likeness (QED) is 0.510. The molecule has 1 atom stereocenters. The molecular formula is C15H20N2O4. The lowest BCUT2D eigenvalue weighted by atomic mass is 10.2. The van der Waals surface area contributed by atoms with E-state index in [2.05, 4.69) is 10.6 Å². The SMILES string of the molecule is CC(=O)N[C@H](COCCC=O)C(=O)NCc1ccccc1. The minimum atomic E-state index is -0.766. The summed E-state index contributed by atoms with van der Waals surface area (Å²) in [5.41, 5.74) is 0.967. The summed E-state index contributed by atoms with van der Waals surface area (Å²) >= 11 is 0. The van der Waals surface area contributed by atoms with Crippen LogP contribution >= 0.6 is 0 Å². The zero-order chi connectivity index (χ0) is 15.5. The van der Waals surface area contributed by atoms with Gasteiger partial charge in [-0.25, -0.2) is 0 Å². The Morgan fingerprint density at radius 1 is 1.29 bits per heavy atom. The lowest BCUT2D eigenvalue weighted by Crippen LogP contribution is -2.48. The molecule has 0 heterocycles. The Kier molecular flexibility index (Phi) is 7.74. The number of aldehydes is 1. The largest absolute Gasteiger partial charge is 0.378 e. The Hall–Kier alpha value is -2.21. The highest BCUT2D eigenvalue weighted by atomic mass is 16.5. The first-order valence-electron chi connectivity index (χ1n) is 6.73. The standard InChI is InChI=1S/C15H20N2O4/c1-12(19)17-14(11-21-9-5-8-18)15(20)16-10-13-6-3-2-4-7-13/h2-4,6-8,14H,5,9-11H2,1H3,(H,16,20)(H,17,19)/t14-/m1/s1. The Morgan fingerprint density at radius 2 is 2.00 bits per heavy atom. The van der Waals surface area contributed by atoms with Gasteiger partial charge in [-0.15, -0.1) is 0 Å². The average Bonchev–Trinajstić information content (AvgIpc) is 2.48. The van der Waals surface area contributed by atoms with E-state index < -0.39 is 6.04 Å². The lowest BCUT2D eigenvalue weighted by molar-refractivity contribution is -0.129. The van der Waals surface area contributed by atoms with Crippen LogP contribution < -0.4 is 10.6 Å². The highest BCUT2D eigenvalue weighted by molar-refractivity contribution is 5.86. The summed E-state index contributed by atoms with van der Waals surface area (Å²) in [6.45, 7) is 1.98. The molecule has 0 saturated heterocycles. The predicted molar refractivity (Wildman–Crippen MR) is 77.4 cm³/mol. The second-order valence-corrected chi connectivity index (χ2v) is 4.49. The molecule has 1 aromatic rings. The Morgan fingerprint density at radius 3 is 2.62 bits per heavy atom. The molecule has 1 aromatic carbocycles. The fraction of sp³-hybridized carbons (Fsp3) is 0.400. The van der Waals surface area contributed by atoms with Gasteiger partial charge in [0.15, 0.2) is 0 Å². The first kappa shape index (κ1) is 16.8. The molecule has 0 unspecified atom stereocenters. The summed E-state index contributed by atoms with van der Waals surface area (Å²) < 4.78 is 5.20. The molecule has 6 heteroatoms. The number of hydrogen-bond acceptors (Lipinski definition) is 4. The van der Waals surface area contributed by atoms with Crippen molar-refractivity contribution < 1.29 is 19.1 Å². The molecule has 0 bridgehead atoms. The second kappa shape index (κ2) is 9.66. The monoisotopic (exact) mass is 292 g/mol. The van der Waals surface area contributed by atoms with Crippen LogP contribution in [0.15, 0.2) is 30.3 Å². The summed E-state index contributed by atoms with van der Waals surface area (Å²) in [7, 11) is 0. The van der Waals surface area contributed by atoms with Crippen LogP contribution in [0.3, 0.4) is 0 Å². The van der Waals surface area contributed by atoms with E-state index in [-0.39, 0.29) is 31.4 Å². The van der Waals surface area contributed by atoms with Crippen LogP contribution in [0.1, 0.15) is 18.9 Å². The summed E-state index contributed by atoms with van der Waals surface area (Å²) in [4.78, 5) is 33.4. The van der Waals surface area contributed by atoms with E-state index in [9.17, 15) is 14.4 Å². The number of carbonyl (C=O) groups is 3. The molecule has 2 amide bonds. The van der Waals surface area contributed by atoms with E-state index in [4.69, 9.17) is 4.74 Å². The number of hydrogen-bond donors (Lipinski definition) is 2. The third kappa shape index (κ3) is 7.22. The van der Waals surface area contributed by atoms with E-state index in [1.807, 2.05) is 30.3 Å². The third-order valence-electron chi connectivity index (χ3n) is 2.67. The zero-order valence-electron chi connectivity index (χ0n) is 12.0. The van der Waals surface area contributed by atoms with Crippen LogP contribution in [0.4, 0.5) is 0 Å². The van der Waals surface area contributed by atoms with Crippen molar-refractivity contribution in [3.05, 3.63) is 35.9 Å². The van der Waals surface area contributed by atoms with Crippen LogP contribution in [0.5, 0.6) is 0 Å². The Labute approximate surface area is 123 Å². The van der Waals surface area contributed by atoms with Crippen molar-refractivity contribution in [1.82, 2.24) is 10.6 Å². The number of amides is 2. The van der Waals surface area contributed by atoms with Crippen LogP contribution in [0.25, 0.3) is 0 Å². The molecule has 0 aliphatic carbocycles. The van der Waals surface area contributed by atoms with Gasteiger partial charge in [-0.3, -0.25) is 9.59 Å². The molecule has 114 valence electrons. The van der Waals surface area contributed by atoms with Crippen LogP contribution in [0, 0.1) is 0 Å². The van der Waals surface area contributed by atoms with Gasteiger partial charge in [0.05, 0.1) is 13.2 Å². The fourth-order valence-corrected chi connectivity index (χ4v) is 1.67. The average molecular weight is 292 g/mol. The highest BCUT2D eigenvalue weighted by Crippen LogP contribution is 1.98. The predicted octanol–water partition coefficient (Wildman–Crippen LogP) is 0.413.